The molecule has 1 aromatic carbocycles. The summed E-state index contributed by atoms with van der Waals surface area (Å²) in [5.74, 6) is 0.637. The second-order valence-electron chi connectivity index (χ2n) is 6.46. The second kappa shape index (κ2) is 6.56. The minimum absolute atomic E-state index is 0.177. The van der Waals surface area contributed by atoms with E-state index in [0.29, 0.717) is 5.92 Å². The van der Waals surface area contributed by atoms with E-state index in [4.69, 9.17) is 4.74 Å². The predicted octanol–water partition coefficient (Wildman–Crippen LogP) is 5.13. The summed E-state index contributed by atoms with van der Waals surface area (Å²) >= 11 is 0. The summed E-state index contributed by atoms with van der Waals surface area (Å²) in [6.07, 6.45) is 2.26. The summed E-state index contributed by atoms with van der Waals surface area (Å²) in [6, 6.07) is 4.79. The molecule has 0 heterocycles. The van der Waals surface area contributed by atoms with E-state index in [1.807, 2.05) is 0 Å². The lowest BCUT2D eigenvalue weighted by Crippen LogP contribution is -2.21. The van der Waals surface area contributed by atoms with Gasteiger partial charge in [0, 0.05) is 13.7 Å². The quantitative estimate of drug-likeness (QED) is 0.690. The molecular weight excluding hydrogens is 232 g/mol. The van der Waals surface area contributed by atoms with Crippen molar-refractivity contribution in [1.29, 1.82) is 0 Å². The number of methoxy groups -OCH3 is 1. The Morgan fingerprint density at radius 1 is 1.16 bits per heavy atom. The first kappa shape index (κ1) is 16.2. The van der Waals surface area contributed by atoms with E-state index in [1.165, 1.54) is 28.7 Å². The Hall–Kier alpha value is -0.820. The molecule has 0 saturated carbocycles. The van der Waals surface area contributed by atoms with Crippen LogP contribution in [-0.2, 0) is 10.2 Å². The van der Waals surface area contributed by atoms with E-state index >= 15 is 0 Å². The van der Waals surface area contributed by atoms with E-state index in [0.717, 1.165) is 13.0 Å². The number of hydrogen-bond donors (Lipinski definition) is 0. The highest BCUT2D eigenvalue weighted by Gasteiger charge is 2.23. The van der Waals surface area contributed by atoms with Crippen molar-refractivity contribution in [1.82, 2.24) is 0 Å². The average Bonchev–Trinajstić information content (AvgIpc) is 2.35. The molecule has 0 N–H and O–H groups in total. The summed E-state index contributed by atoms with van der Waals surface area (Å²) in [5.41, 5.74) is 6.00. The minimum Gasteiger partial charge on any atom is -0.385 e. The van der Waals surface area contributed by atoms with E-state index < -0.39 is 0 Å². The topological polar surface area (TPSA) is 9.23 Å². The fourth-order valence-corrected chi connectivity index (χ4v) is 2.84. The Balaban J connectivity index is 3.20. The zero-order valence-electron chi connectivity index (χ0n) is 13.8. The zero-order valence-corrected chi connectivity index (χ0v) is 13.8. The lowest BCUT2D eigenvalue weighted by atomic mass is 9.77. The number of hydrogen-bond acceptors (Lipinski definition) is 1. The molecule has 1 atom stereocenters. The molecule has 1 nitrogen and oxygen atoms in total. The van der Waals surface area contributed by atoms with Crippen LogP contribution in [0.15, 0.2) is 12.1 Å². The minimum atomic E-state index is 0.177. The second-order valence-corrected chi connectivity index (χ2v) is 6.46. The van der Waals surface area contributed by atoms with Gasteiger partial charge in [0.2, 0.25) is 0 Å². The monoisotopic (exact) mass is 262 g/mol. The molecule has 0 amide bonds. The fraction of sp³-hybridized carbons (Fsp3) is 0.667. The van der Waals surface area contributed by atoms with Crippen molar-refractivity contribution in [2.45, 2.75) is 65.7 Å². The molecule has 1 rings (SSSR count). The van der Waals surface area contributed by atoms with Gasteiger partial charge in [0.05, 0.1) is 0 Å². The van der Waals surface area contributed by atoms with Crippen LogP contribution < -0.4 is 0 Å². The zero-order chi connectivity index (χ0) is 14.6. The van der Waals surface area contributed by atoms with Gasteiger partial charge in [-0.05, 0) is 60.3 Å². The van der Waals surface area contributed by atoms with Crippen molar-refractivity contribution in [3.05, 3.63) is 34.4 Å². The van der Waals surface area contributed by atoms with Crippen LogP contribution in [0.25, 0.3) is 0 Å². The highest BCUT2D eigenvalue weighted by atomic mass is 16.5. The number of benzene rings is 1. The lowest BCUT2D eigenvalue weighted by Gasteiger charge is -2.29. The van der Waals surface area contributed by atoms with Crippen LogP contribution in [0.4, 0.5) is 0 Å². The SMILES string of the molecule is CCC(C)c1cc(C(C)(C)CCOC)c(C)cc1C. The first-order valence-electron chi connectivity index (χ1n) is 7.44. The van der Waals surface area contributed by atoms with E-state index in [-0.39, 0.29) is 5.41 Å². The molecule has 0 radical (unpaired) electrons. The van der Waals surface area contributed by atoms with Gasteiger partial charge >= 0.3 is 0 Å². The average molecular weight is 262 g/mol. The Bertz CT molecular complexity index is 418. The highest BCUT2D eigenvalue weighted by Crippen LogP contribution is 2.34. The molecule has 108 valence electrons. The number of aryl methyl sites for hydroxylation is 2. The third-order valence-electron chi connectivity index (χ3n) is 4.42. The highest BCUT2D eigenvalue weighted by molar-refractivity contribution is 5.42. The molecule has 0 aliphatic carbocycles. The molecule has 0 aliphatic heterocycles. The van der Waals surface area contributed by atoms with Gasteiger partial charge in [-0.3, -0.25) is 0 Å². The number of ether oxygens (including phenoxy) is 1. The predicted molar refractivity (Wildman–Crippen MR) is 84.1 cm³/mol. The van der Waals surface area contributed by atoms with Crippen LogP contribution in [-0.4, -0.2) is 13.7 Å². The van der Waals surface area contributed by atoms with Crippen molar-refractivity contribution in [3.63, 3.8) is 0 Å². The molecule has 0 spiro atoms. The molecule has 1 unspecified atom stereocenters. The Kier molecular flexibility index (Phi) is 5.61. The van der Waals surface area contributed by atoms with Gasteiger partial charge in [-0.15, -0.1) is 0 Å². The molecule has 0 aliphatic rings. The molecule has 0 fully saturated rings. The van der Waals surface area contributed by atoms with Gasteiger partial charge in [0.1, 0.15) is 0 Å². The van der Waals surface area contributed by atoms with Gasteiger partial charge in [-0.1, -0.05) is 39.8 Å². The van der Waals surface area contributed by atoms with Crippen molar-refractivity contribution >= 4 is 0 Å². The van der Waals surface area contributed by atoms with Gasteiger partial charge in [0.15, 0.2) is 0 Å². The van der Waals surface area contributed by atoms with E-state index in [1.54, 1.807) is 7.11 Å². The Morgan fingerprint density at radius 2 is 1.79 bits per heavy atom. The summed E-state index contributed by atoms with van der Waals surface area (Å²) in [4.78, 5) is 0. The molecule has 1 aromatic rings. The molecule has 19 heavy (non-hydrogen) atoms. The molecule has 0 bridgehead atoms. The maximum absolute atomic E-state index is 5.26. The van der Waals surface area contributed by atoms with Gasteiger partial charge in [0.25, 0.3) is 0 Å². The van der Waals surface area contributed by atoms with Gasteiger partial charge in [-0.2, -0.15) is 0 Å². The van der Waals surface area contributed by atoms with Crippen molar-refractivity contribution in [2.24, 2.45) is 0 Å². The van der Waals surface area contributed by atoms with Crippen LogP contribution in [0.5, 0.6) is 0 Å². The summed E-state index contributed by atoms with van der Waals surface area (Å²) in [7, 11) is 1.78. The standard InChI is InChI=1S/C18H30O/c1-8-13(2)16-12-17(15(4)11-14(16)3)18(5,6)9-10-19-7/h11-13H,8-10H2,1-7H3. The lowest BCUT2D eigenvalue weighted by molar-refractivity contribution is 0.174. The Morgan fingerprint density at radius 3 is 2.32 bits per heavy atom. The summed E-state index contributed by atoms with van der Waals surface area (Å²) in [5, 5.41) is 0. The van der Waals surface area contributed by atoms with Crippen LogP contribution in [0.1, 0.15) is 68.7 Å². The Labute approximate surface area is 119 Å². The van der Waals surface area contributed by atoms with E-state index in [9.17, 15) is 0 Å². The van der Waals surface area contributed by atoms with Gasteiger partial charge in [-0.25, -0.2) is 0 Å². The van der Waals surface area contributed by atoms with Crippen LogP contribution in [0, 0.1) is 13.8 Å². The first-order valence-corrected chi connectivity index (χ1v) is 7.44. The normalized spacial score (nSPS) is 13.6. The van der Waals surface area contributed by atoms with E-state index in [2.05, 4.69) is 53.7 Å². The van der Waals surface area contributed by atoms with Gasteiger partial charge < -0.3 is 4.74 Å². The first-order chi connectivity index (χ1) is 8.83. The van der Waals surface area contributed by atoms with Crippen LogP contribution in [0.3, 0.4) is 0 Å². The molecule has 1 heteroatoms. The number of rotatable bonds is 6. The van der Waals surface area contributed by atoms with Crippen molar-refractivity contribution in [2.75, 3.05) is 13.7 Å². The molecule has 0 aromatic heterocycles. The smallest absolute Gasteiger partial charge is 0.0470 e. The summed E-state index contributed by atoms with van der Waals surface area (Å²) < 4.78 is 5.26. The van der Waals surface area contributed by atoms with Crippen molar-refractivity contribution in [3.8, 4) is 0 Å². The summed E-state index contributed by atoms with van der Waals surface area (Å²) in [6.45, 7) is 14.5. The third kappa shape index (κ3) is 3.82. The fourth-order valence-electron chi connectivity index (χ4n) is 2.84. The van der Waals surface area contributed by atoms with Crippen molar-refractivity contribution < 1.29 is 4.74 Å². The third-order valence-corrected chi connectivity index (χ3v) is 4.42. The maximum Gasteiger partial charge on any atom is 0.0470 e. The molecule has 0 saturated heterocycles. The maximum atomic E-state index is 5.26. The largest absolute Gasteiger partial charge is 0.385 e. The van der Waals surface area contributed by atoms with Crippen LogP contribution >= 0.6 is 0 Å². The van der Waals surface area contributed by atoms with Crippen LogP contribution in [0.2, 0.25) is 0 Å². The molecular formula is C18H30O.